The van der Waals surface area contributed by atoms with Gasteiger partial charge in [-0.3, -0.25) is 14.2 Å². The lowest BCUT2D eigenvalue weighted by Crippen LogP contribution is -2.41. The van der Waals surface area contributed by atoms with Gasteiger partial charge in [-0.25, -0.2) is 9.78 Å². The number of benzene rings is 1. The molecule has 2 rings (SSSR count). The van der Waals surface area contributed by atoms with Crippen LogP contribution in [0.4, 0.5) is 0 Å². The third kappa shape index (κ3) is 4.41. The predicted octanol–water partition coefficient (Wildman–Crippen LogP) is 1.55. The van der Waals surface area contributed by atoms with Crippen LogP contribution in [0.1, 0.15) is 32.6 Å². The van der Waals surface area contributed by atoms with Crippen molar-refractivity contribution in [1.82, 2.24) is 14.9 Å². The Morgan fingerprint density at radius 1 is 1.33 bits per heavy atom. The second-order valence-electron chi connectivity index (χ2n) is 5.61. The van der Waals surface area contributed by atoms with Crippen LogP contribution in [0.3, 0.4) is 0 Å². The highest BCUT2D eigenvalue weighted by molar-refractivity contribution is 5.83. The predicted molar refractivity (Wildman–Crippen MR) is 89.7 cm³/mol. The first-order valence-electron chi connectivity index (χ1n) is 7.99. The van der Waals surface area contributed by atoms with E-state index in [4.69, 9.17) is 5.11 Å². The molecule has 0 saturated carbocycles. The summed E-state index contributed by atoms with van der Waals surface area (Å²) in [5, 5.41) is 12.1. The molecule has 0 aliphatic rings. The van der Waals surface area contributed by atoms with Crippen molar-refractivity contribution in [3.05, 3.63) is 40.9 Å². The lowest BCUT2D eigenvalue weighted by atomic mass is 10.1. The van der Waals surface area contributed by atoms with E-state index in [-0.39, 0.29) is 18.5 Å². The van der Waals surface area contributed by atoms with Gasteiger partial charge in [0.05, 0.1) is 17.2 Å². The van der Waals surface area contributed by atoms with E-state index in [9.17, 15) is 14.4 Å². The van der Waals surface area contributed by atoms with Gasteiger partial charge in [-0.05, 0) is 18.6 Å². The number of carboxylic acids is 1. The number of para-hydroxylation sites is 1. The van der Waals surface area contributed by atoms with Crippen molar-refractivity contribution in [3.8, 4) is 0 Å². The minimum absolute atomic E-state index is 0.0236. The van der Waals surface area contributed by atoms with E-state index in [1.54, 1.807) is 24.3 Å². The Morgan fingerprint density at radius 3 is 2.79 bits per heavy atom. The van der Waals surface area contributed by atoms with E-state index < -0.39 is 17.9 Å². The summed E-state index contributed by atoms with van der Waals surface area (Å²) in [4.78, 5) is 39.6. The van der Waals surface area contributed by atoms with Crippen LogP contribution in [0.15, 0.2) is 35.4 Å². The number of aromatic nitrogens is 2. The number of hydrogen-bond donors (Lipinski definition) is 2. The summed E-state index contributed by atoms with van der Waals surface area (Å²) in [6.45, 7) is 2.11. The van der Waals surface area contributed by atoms with Crippen LogP contribution in [0, 0.1) is 0 Å². The third-order valence-electron chi connectivity index (χ3n) is 3.79. The second-order valence-corrected chi connectivity index (χ2v) is 5.61. The molecule has 1 aromatic carbocycles. The van der Waals surface area contributed by atoms with E-state index in [1.807, 2.05) is 6.92 Å². The molecule has 0 radical (unpaired) electrons. The fraction of sp³-hybridized carbons (Fsp3) is 0.412. The van der Waals surface area contributed by atoms with Gasteiger partial charge in [0.1, 0.15) is 6.04 Å². The number of carboxylic acid groups (broad SMARTS) is 1. The average molecular weight is 331 g/mol. The highest BCUT2D eigenvalue weighted by Crippen LogP contribution is 2.05. The first-order chi connectivity index (χ1) is 11.5. The third-order valence-corrected chi connectivity index (χ3v) is 3.79. The first kappa shape index (κ1) is 17.7. The minimum atomic E-state index is -1.04. The van der Waals surface area contributed by atoms with Crippen molar-refractivity contribution in [2.75, 3.05) is 0 Å². The van der Waals surface area contributed by atoms with E-state index >= 15 is 0 Å². The number of aryl methyl sites for hydroxylation is 1. The number of hydrogen-bond acceptors (Lipinski definition) is 4. The molecule has 0 saturated heterocycles. The van der Waals surface area contributed by atoms with Crippen molar-refractivity contribution in [3.63, 3.8) is 0 Å². The van der Waals surface area contributed by atoms with Gasteiger partial charge in [0.25, 0.3) is 5.56 Å². The molecule has 1 aromatic heterocycles. The molecule has 24 heavy (non-hydrogen) atoms. The van der Waals surface area contributed by atoms with Crippen LogP contribution in [0.25, 0.3) is 10.9 Å². The van der Waals surface area contributed by atoms with Crippen LogP contribution >= 0.6 is 0 Å². The molecule has 1 atom stereocenters. The zero-order valence-electron chi connectivity index (χ0n) is 13.6. The number of rotatable bonds is 8. The van der Waals surface area contributed by atoms with E-state index in [1.165, 1.54) is 10.9 Å². The Labute approximate surface area is 139 Å². The quantitative estimate of drug-likeness (QED) is 0.764. The Bertz CT molecular complexity index is 785. The summed E-state index contributed by atoms with van der Waals surface area (Å²) >= 11 is 0. The van der Waals surface area contributed by atoms with Gasteiger partial charge in [0.2, 0.25) is 5.91 Å². The minimum Gasteiger partial charge on any atom is -0.480 e. The van der Waals surface area contributed by atoms with E-state index in [2.05, 4.69) is 10.3 Å². The van der Waals surface area contributed by atoms with Crippen LogP contribution < -0.4 is 10.9 Å². The SMILES string of the molecule is CCCC[C@H](NC(=O)CCn1cnc2ccccc2c1=O)C(=O)O. The summed E-state index contributed by atoms with van der Waals surface area (Å²) in [5.41, 5.74) is 0.392. The number of unbranched alkanes of at least 4 members (excludes halogenated alkanes) is 1. The molecule has 7 heteroatoms. The lowest BCUT2D eigenvalue weighted by molar-refractivity contribution is -0.142. The molecule has 0 unspecified atom stereocenters. The molecule has 0 bridgehead atoms. The Morgan fingerprint density at radius 2 is 2.08 bits per heavy atom. The summed E-state index contributed by atoms with van der Waals surface area (Å²) in [5.74, 6) is -1.43. The van der Waals surface area contributed by atoms with Crippen LogP contribution in [-0.2, 0) is 16.1 Å². The van der Waals surface area contributed by atoms with Crippen LogP contribution in [-0.4, -0.2) is 32.6 Å². The summed E-state index contributed by atoms with van der Waals surface area (Å²) in [6.07, 6.45) is 3.41. The summed E-state index contributed by atoms with van der Waals surface area (Å²) in [7, 11) is 0. The van der Waals surface area contributed by atoms with Crippen molar-refractivity contribution < 1.29 is 14.7 Å². The van der Waals surface area contributed by atoms with Gasteiger partial charge >= 0.3 is 5.97 Å². The van der Waals surface area contributed by atoms with E-state index in [0.717, 1.165) is 12.8 Å². The molecule has 128 valence electrons. The van der Waals surface area contributed by atoms with E-state index in [0.29, 0.717) is 17.3 Å². The number of nitrogens with zero attached hydrogens (tertiary/aromatic N) is 2. The van der Waals surface area contributed by atoms with Crippen LogP contribution in [0.5, 0.6) is 0 Å². The highest BCUT2D eigenvalue weighted by Gasteiger charge is 2.19. The van der Waals surface area contributed by atoms with Gasteiger partial charge < -0.3 is 10.4 Å². The highest BCUT2D eigenvalue weighted by atomic mass is 16.4. The number of fused-ring (bicyclic) bond motifs is 1. The maximum absolute atomic E-state index is 12.3. The van der Waals surface area contributed by atoms with Gasteiger partial charge in [-0.15, -0.1) is 0 Å². The Balaban J connectivity index is 2.00. The molecule has 1 heterocycles. The maximum atomic E-state index is 12.3. The maximum Gasteiger partial charge on any atom is 0.326 e. The van der Waals surface area contributed by atoms with Gasteiger partial charge in [-0.1, -0.05) is 31.9 Å². The van der Waals surface area contributed by atoms with Crippen molar-refractivity contribution in [2.24, 2.45) is 0 Å². The van der Waals surface area contributed by atoms with Crippen LogP contribution in [0.2, 0.25) is 0 Å². The zero-order valence-corrected chi connectivity index (χ0v) is 13.6. The van der Waals surface area contributed by atoms with Gasteiger partial charge in [0.15, 0.2) is 0 Å². The fourth-order valence-electron chi connectivity index (χ4n) is 2.42. The zero-order chi connectivity index (χ0) is 17.5. The molecule has 0 aliphatic carbocycles. The van der Waals surface area contributed by atoms with Gasteiger partial charge in [-0.2, -0.15) is 0 Å². The summed E-state index contributed by atoms with van der Waals surface area (Å²) < 4.78 is 1.36. The molecule has 7 nitrogen and oxygen atoms in total. The van der Waals surface area contributed by atoms with Crippen molar-refractivity contribution in [2.45, 2.75) is 45.2 Å². The number of carbonyl (C=O) groups is 2. The molecular weight excluding hydrogens is 310 g/mol. The second kappa shape index (κ2) is 8.24. The number of nitrogens with one attached hydrogen (secondary N) is 1. The first-order valence-corrected chi connectivity index (χ1v) is 7.99. The fourth-order valence-corrected chi connectivity index (χ4v) is 2.42. The number of amides is 1. The smallest absolute Gasteiger partial charge is 0.326 e. The lowest BCUT2D eigenvalue weighted by Gasteiger charge is -2.14. The normalized spacial score (nSPS) is 12.0. The molecular formula is C17H21N3O4. The number of aliphatic carboxylic acids is 1. The monoisotopic (exact) mass is 331 g/mol. The molecule has 1 amide bonds. The standard InChI is InChI=1S/C17H21N3O4/c1-2-3-7-14(17(23)24)19-15(21)9-10-20-11-18-13-8-5-4-6-12(13)16(20)22/h4-6,8,11,14H,2-3,7,9-10H2,1H3,(H,19,21)(H,23,24)/t14-/m0/s1. The van der Waals surface area contributed by atoms with Gasteiger partial charge in [0, 0.05) is 13.0 Å². The average Bonchev–Trinajstić information content (AvgIpc) is 2.58. The van der Waals surface area contributed by atoms with Crippen molar-refractivity contribution >= 4 is 22.8 Å². The number of carbonyl (C=O) groups excluding carboxylic acids is 1. The molecule has 0 aliphatic heterocycles. The summed E-state index contributed by atoms with van der Waals surface area (Å²) in [6, 6.07) is 6.11. The van der Waals surface area contributed by atoms with Crippen molar-refractivity contribution in [1.29, 1.82) is 0 Å². The topological polar surface area (TPSA) is 101 Å². The molecule has 2 N–H and O–H groups in total. The Hall–Kier alpha value is -2.70. The molecule has 0 fully saturated rings. The largest absolute Gasteiger partial charge is 0.480 e. The molecule has 0 spiro atoms. The molecule has 2 aromatic rings. The Kier molecular flexibility index (Phi) is 6.06.